The molecule has 0 heterocycles. The van der Waals surface area contributed by atoms with E-state index in [2.05, 4.69) is 6.03 Å². The van der Waals surface area contributed by atoms with Crippen LogP contribution in [0.4, 0.5) is 0 Å². The molecule has 0 amide bonds. The summed E-state index contributed by atoms with van der Waals surface area (Å²) in [5.74, 6) is -0.125. The minimum atomic E-state index is -2.34. The molecule has 0 aromatic heterocycles. The van der Waals surface area contributed by atoms with E-state index in [9.17, 15) is 14.4 Å². The van der Waals surface area contributed by atoms with Crippen LogP contribution in [0.3, 0.4) is 0 Å². The average molecular weight is 493 g/mol. The van der Waals surface area contributed by atoms with Crippen LogP contribution in [0.5, 0.6) is 0 Å². The maximum atomic E-state index is 12.2. The minimum absolute atomic E-state index is 0. The topological polar surface area (TPSA) is 51.2 Å². The molecule has 0 atom stereocenters. The standard InChI is InChI=1S/C19H15OP.C5H8O2.Rh/c20-16-21(17-10-4-1-5-11-17,18-12-6-2-7-13-18)19-14-8-3-9-15-19;1-4(6)3-5(2)7;/h1-15H;3H2,1-2H3;. The Morgan fingerprint density at radius 1 is 0.655 bits per heavy atom. The molecule has 3 nitrogen and oxygen atoms in total. The van der Waals surface area contributed by atoms with Gasteiger partial charge in [-0.1, -0.05) is 60.6 Å². The molecular formula is C24H23O3PRh. The Balaban J connectivity index is 0.000000456. The van der Waals surface area contributed by atoms with Gasteiger partial charge in [0.25, 0.3) is 0 Å². The van der Waals surface area contributed by atoms with Crippen molar-refractivity contribution in [2.24, 2.45) is 0 Å². The quantitative estimate of drug-likeness (QED) is 0.228. The summed E-state index contributed by atoms with van der Waals surface area (Å²) in [6.07, 6.45) is 0.0833. The molecule has 0 bridgehead atoms. The van der Waals surface area contributed by atoms with Crippen molar-refractivity contribution >= 4 is 40.8 Å². The van der Waals surface area contributed by atoms with Crippen LogP contribution in [0.15, 0.2) is 91.0 Å². The normalized spacial score (nSPS) is 10.0. The number of ketones is 2. The zero-order valence-electron chi connectivity index (χ0n) is 16.4. The number of Topliss-reactive ketones (excluding diaryl/α,β-unsaturated/α-hetero) is 2. The predicted molar refractivity (Wildman–Crippen MR) is 117 cm³/mol. The van der Waals surface area contributed by atoms with Gasteiger partial charge in [0, 0.05) is 26.7 Å². The summed E-state index contributed by atoms with van der Waals surface area (Å²) in [7, 11) is -2.34. The number of hydrogen-bond acceptors (Lipinski definition) is 3. The first-order chi connectivity index (χ1) is 13.5. The van der Waals surface area contributed by atoms with Crippen molar-refractivity contribution in [2.75, 3.05) is 0 Å². The number of carbonyl (C=O) groups excluding carboxylic acids is 3. The molecule has 151 valence electrons. The van der Waals surface area contributed by atoms with Gasteiger partial charge in [-0.2, -0.15) is 0 Å². The number of hydrogen-bond donors (Lipinski definition) is 0. The molecule has 3 aromatic carbocycles. The molecule has 5 heteroatoms. The molecule has 0 spiro atoms. The summed E-state index contributed by atoms with van der Waals surface area (Å²) >= 11 is 0. The first-order valence-electron chi connectivity index (χ1n) is 8.95. The van der Waals surface area contributed by atoms with Crippen LogP contribution in [0.2, 0.25) is 0 Å². The van der Waals surface area contributed by atoms with Crippen molar-refractivity contribution in [3.05, 3.63) is 91.0 Å². The van der Waals surface area contributed by atoms with Gasteiger partial charge in [0.15, 0.2) is 0 Å². The van der Waals surface area contributed by atoms with Crippen LogP contribution in [0.1, 0.15) is 20.3 Å². The van der Waals surface area contributed by atoms with Crippen LogP contribution < -0.4 is 15.9 Å². The van der Waals surface area contributed by atoms with Gasteiger partial charge >= 0.3 is 0 Å². The zero-order valence-corrected chi connectivity index (χ0v) is 18.9. The van der Waals surface area contributed by atoms with E-state index in [-0.39, 0.29) is 37.5 Å². The SMILES string of the molecule is CC(=O)CC(C)=O.O=[C-][P+](c1ccccc1)(c1ccccc1)c1ccccc1.[Rh]. The minimum Gasteiger partial charge on any atom is -0.495 e. The molecule has 0 saturated carbocycles. The smallest absolute Gasteiger partial charge is 0.137 e. The maximum absolute atomic E-state index is 12.2. The first kappa shape index (κ1) is 24.8. The van der Waals surface area contributed by atoms with Crippen molar-refractivity contribution in [3.8, 4) is 0 Å². The van der Waals surface area contributed by atoms with Gasteiger partial charge in [-0.3, -0.25) is 9.59 Å². The molecule has 0 unspecified atom stereocenters. The van der Waals surface area contributed by atoms with Crippen LogP contribution in [-0.2, 0) is 33.9 Å². The molecule has 0 fully saturated rings. The summed E-state index contributed by atoms with van der Waals surface area (Å²) in [6, 6.07) is 32.4. The van der Waals surface area contributed by atoms with E-state index >= 15 is 0 Å². The molecule has 0 saturated heterocycles. The van der Waals surface area contributed by atoms with E-state index in [1.54, 1.807) is 0 Å². The van der Waals surface area contributed by atoms with Gasteiger partial charge in [-0.25, -0.2) is 0 Å². The summed E-state index contributed by atoms with van der Waals surface area (Å²) in [5.41, 5.74) is 0. The van der Waals surface area contributed by atoms with Crippen LogP contribution >= 0.6 is 7.26 Å². The second kappa shape index (κ2) is 12.3. The van der Waals surface area contributed by atoms with Gasteiger partial charge in [0.05, 0.1) is 22.3 Å². The Bertz CT molecular complexity index is 804. The third-order valence-electron chi connectivity index (χ3n) is 4.07. The number of carbonyl (C=O) groups is 2. The fourth-order valence-corrected chi connectivity index (χ4v) is 5.98. The van der Waals surface area contributed by atoms with Crippen LogP contribution in [0, 0.1) is 0 Å². The fourth-order valence-electron chi connectivity index (χ4n) is 2.91. The molecule has 0 N–H and O–H groups in total. The first-order valence-corrected chi connectivity index (χ1v) is 10.7. The van der Waals surface area contributed by atoms with Crippen molar-refractivity contribution in [3.63, 3.8) is 0 Å². The second-order valence-electron chi connectivity index (χ2n) is 6.35. The van der Waals surface area contributed by atoms with Crippen molar-refractivity contribution in [2.45, 2.75) is 20.3 Å². The largest absolute Gasteiger partial charge is 0.495 e. The van der Waals surface area contributed by atoms with E-state index in [1.807, 2.05) is 91.0 Å². The Morgan fingerprint density at radius 3 is 1.10 bits per heavy atom. The van der Waals surface area contributed by atoms with Gasteiger partial charge in [0.2, 0.25) is 0 Å². The van der Waals surface area contributed by atoms with Gasteiger partial charge in [-0.15, -0.1) is 0 Å². The van der Waals surface area contributed by atoms with E-state index < -0.39 is 7.26 Å². The third-order valence-corrected chi connectivity index (χ3v) is 7.56. The maximum Gasteiger partial charge on any atom is 0.137 e. The van der Waals surface area contributed by atoms with Crippen molar-refractivity contribution in [1.82, 2.24) is 0 Å². The molecule has 3 aromatic rings. The third kappa shape index (κ3) is 6.63. The van der Waals surface area contributed by atoms with Gasteiger partial charge in [0.1, 0.15) is 11.6 Å². The predicted octanol–water partition coefficient (Wildman–Crippen LogP) is 3.60. The van der Waals surface area contributed by atoms with E-state index in [0.29, 0.717) is 0 Å². The Kier molecular flexibility index (Phi) is 10.5. The number of benzene rings is 3. The average Bonchev–Trinajstić information content (AvgIpc) is 2.71. The Morgan fingerprint density at radius 2 is 0.931 bits per heavy atom. The van der Waals surface area contributed by atoms with Crippen LogP contribution in [-0.4, -0.2) is 17.6 Å². The van der Waals surface area contributed by atoms with Gasteiger partial charge < -0.3 is 4.79 Å². The van der Waals surface area contributed by atoms with E-state index in [1.165, 1.54) is 13.8 Å². The summed E-state index contributed by atoms with van der Waals surface area (Å²) in [6.45, 7) is 2.81. The number of rotatable bonds is 6. The second-order valence-corrected chi connectivity index (χ2v) is 9.42. The molecule has 0 aliphatic carbocycles. The molecule has 0 aliphatic heterocycles. The van der Waals surface area contributed by atoms with E-state index in [0.717, 1.165) is 15.9 Å². The monoisotopic (exact) mass is 493 g/mol. The fraction of sp³-hybridized carbons (Fsp3) is 0.125. The summed E-state index contributed by atoms with van der Waals surface area (Å²) in [4.78, 5) is 32.2. The summed E-state index contributed by atoms with van der Waals surface area (Å²) in [5, 5.41) is 3.12. The van der Waals surface area contributed by atoms with Gasteiger partial charge in [-0.05, 0) is 50.2 Å². The Hall–Kier alpha value is -2.28. The molecule has 0 aliphatic rings. The van der Waals surface area contributed by atoms with E-state index in [4.69, 9.17) is 0 Å². The molecule has 1 radical (unpaired) electrons. The molecule has 29 heavy (non-hydrogen) atoms. The zero-order chi connectivity index (χ0) is 20.4. The molecule has 3 rings (SSSR count). The van der Waals surface area contributed by atoms with Crippen LogP contribution in [0.25, 0.3) is 0 Å². The Labute approximate surface area is 185 Å². The summed E-state index contributed by atoms with van der Waals surface area (Å²) < 4.78 is 0. The molecular weight excluding hydrogens is 470 g/mol. The van der Waals surface area contributed by atoms with Crippen molar-refractivity contribution in [1.29, 1.82) is 0 Å². The van der Waals surface area contributed by atoms with Crippen molar-refractivity contribution < 1.29 is 33.9 Å².